The zero-order chi connectivity index (χ0) is 16.4. The number of carbonyl (C=O) groups is 1. The summed E-state index contributed by atoms with van der Waals surface area (Å²) < 4.78 is 44.6. The van der Waals surface area contributed by atoms with Gasteiger partial charge in [0.05, 0.1) is 13.0 Å². The van der Waals surface area contributed by atoms with Crippen molar-refractivity contribution in [1.82, 2.24) is 10.6 Å². The molecular formula is C14H20ClF3N2O3. The molecule has 2 N–H and O–H groups in total. The van der Waals surface area contributed by atoms with E-state index in [-0.39, 0.29) is 30.5 Å². The SMILES string of the molecule is COCCNCCNC(=O)Cc1ccc(OC(F)(F)F)cc1.Cl. The summed E-state index contributed by atoms with van der Waals surface area (Å²) in [6.07, 6.45) is -4.61. The lowest BCUT2D eigenvalue weighted by Gasteiger charge is -2.09. The van der Waals surface area contributed by atoms with Crippen LogP contribution in [0.1, 0.15) is 5.56 Å². The van der Waals surface area contributed by atoms with Gasteiger partial charge < -0.3 is 20.1 Å². The van der Waals surface area contributed by atoms with Crippen molar-refractivity contribution in [3.8, 4) is 5.75 Å². The average molecular weight is 357 g/mol. The standard InChI is InChI=1S/C14H19F3N2O3.ClH/c1-21-9-8-18-6-7-19-13(20)10-11-2-4-12(5-3-11)22-14(15,16)17;/h2-5,18H,6-10H2,1H3,(H,19,20);1H. The number of amides is 1. The highest BCUT2D eigenvalue weighted by atomic mass is 35.5. The lowest BCUT2D eigenvalue weighted by atomic mass is 10.1. The van der Waals surface area contributed by atoms with Gasteiger partial charge in [0, 0.05) is 26.7 Å². The number of carbonyl (C=O) groups excluding carboxylic acids is 1. The molecule has 1 aromatic rings. The molecule has 1 rings (SSSR count). The minimum atomic E-state index is -4.71. The van der Waals surface area contributed by atoms with E-state index >= 15 is 0 Å². The van der Waals surface area contributed by atoms with Gasteiger partial charge in [-0.15, -0.1) is 25.6 Å². The Morgan fingerprint density at radius 3 is 2.35 bits per heavy atom. The van der Waals surface area contributed by atoms with Crippen molar-refractivity contribution in [2.45, 2.75) is 12.8 Å². The van der Waals surface area contributed by atoms with Crippen LogP contribution in [0, 0.1) is 0 Å². The molecule has 0 spiro atoms. The van der Waals surface area contributed by atoms with Crippen LogP contribution in [0.2, 0.25) is 0 Å². The predicted octanol–water partition coefficient (Wildman–Crippen LogP) is 1.90. The summed E-state index contributed by atoms with van der Waals surface area (Å²) in [4.78, 5) is 11.6. The van der Waals surface area contributed by atoms with E-state index in [1.165, 1.54) is 24.3 Å². The molecule has 0 unspecified atom stereocenters. The van der Waals surface area contributed by atoms with E-state index in [0.29, 0.717) is 31.8 Å². The second-order valence-electron chi connectivity index (χ2n) is 4.46. The number of ether oxygens (including phenoxy) is 2. The number of methoxy groups -OCH3 is 1. The van der Waals surface area contributed by atoms with Crippen molar-refractivity contribution in [3.63, 3.8) is 0 Å². The summed E-state index contributed by atoms with van der Waals surface area (Å²) in [6, 6.07) is 5.22. The molecule has 23 heavy (non-hydrogen) atoms. The zero-order valence-corrected chi connectivity index (χ0v) is 13.4. The van der Waals surface area contributed by atoms with Crippen LogP contribution in [-0.2, 0) is 16.0 Å². The summed E-state index contributed by atoms with van der Waals surface area (Å²) >= 11 is 0. The number of rotatable bonds is 9. The lowest BCUT2D eigenvalue weighted by molar-refractivity contribution is -0.274. The topological polar surface area (TPSA) is 59.6 Å². The van der Waals surface area contributed by atoms with Crippen molar-refractivity contribution in [2.24, 2.45) is 0 Å². The Hall–Kier alpha value is -1.51. The predicted molar refractivity (Wildman–Crippen MR) is 81.8 cm³/mol. The molecule has 0 bridgehead atoms. The third-order valence-electron chi connectivity index (χ3n) is 2.63. The van der Waals surface area contributed by atoms with Crippen LogP contribution in [-0.4, -0.2) is 45.6 Å². The Kier molecular flexibility index (Phi) is 10.4. The van der Waals surface area contributed by atoms with Gasteiger partial charge in [-0.25, -0.2) is 0 Å². The lowest BCUT2D eigenvalue weighted by Crippen LogP contribution is -2.33. The molecule has 0 aromatic heterocycles. The van der Waals surface area contributed by atoms with Crippen molar-refractivity contribution in [3.05, 3.63) is 29.8 Å². The molecule has 1 amide bonds. The highest BCUT2D eigenvalue weighted by Gasteiger charge is 2.30. The third-order valence-corrected chi connectivity index (χ3v) is 2.63. The fraction of sp³-hybridized carbons (Fsp3) is 0.500. The van der Waals surface area contributed by atoms with Gasteiger partial charge in [0.25, 0.3) is 0 Å². The number of hydrogen-bond acceptors (Lipinski definition) is 4. The molecule has 0 heterocycles. The van der Waals surface area contributed by atoms with Crippen molar-refractivity contribution in [1.29, 1.82) is 0 Å². The number of benzene rings is 1. The minimum absolute atomic E-state index is 0. The van der Waals surface area contributed by atoms with Gasteiger partial charge in [0.15, 0.2) is 0 Å². The summed E-state index contributed by atoms with van der Waals surface area (Å²) in [5.74, 6) is -0.503. The molecule has 132 valence electrons. The van der Waals surface area contributed by atoms with Crippen molar-refractivity contribution in [2.75, 3.05) is 33.4 Å². The zero-order valence-electron chi connectivity index (χ0n) is 12.6. The van der Waals surface area contributed by atoms with Crippen LogP contribution in [0.3, 0.4) is 0 Å². The van der Waals surface area contributed by atoms with E-state index < -0.39 is 6.36 Å². The maximum Gasteiger partial charge on any atom is 0.573 e. The van der Waals surface area contributed by atoms with Crippen LogP contribution >= 0.6 is 12.4 Å². The molecule has 0 atom stereocenters. The first kappa shape index (κ1) is 21.5. The third kappa shape index (κ3) is 10.8. The number of hydrogen-bond donors (Lipinski definition) is 2. The van der Waals surface area contributed by atoms with Gasteiger partial charge in [-0.3, -0.25) is 4.79 Å². The maximum atomic E-state index is 12.0. The molecule has 0 fully saturated rings. The minimum Gasteiger partial charge on any atom is -0.406 e. The Bertz CT molecular complexity index is 456. The molecular weight excluding hydrogens is 337 g/mol. The van der Waals surface area contributed by atoms with Gasteiger partial charge in [0.1, 0.15) is 5.75 Å². The van der Waals surface area contributed by atoms with Gasteiger partial charge >= 0.3 is 6.36 Å². The van der Waals surface area contributed by atoms with E-state index in [2.05, 4.69) is 15.4 Å². The molecule has 9 heteroatoms. The Morgan fingerprint density at radius 1 is 1.13 bits per heavy atom. The van der Waals surface area contributed by atoms with Crippen molar-refractivity contribution >= 4 is 18.3 Å². The Balaban J connectivity index is 0.00000484. The van der Waals surface area contributed by atoms with Crippen LogP contribution in [0.15, 0.2) is 24.3 Å². The summed E-state index contributed by atoms with van der Waals surface area (Å²) in [7, 11) is 1.61. The highest BCUT2D eigenvalue weighted by Crippen LogP contribution is 2.22. The van der Waals surface area contributed by atoms with E-state index in [0.717, 1.165) is 0 Å². The van der Waals surface area contributed by atoms with Crippen molar-refractivity contribution < 1.29 is 27.4 Å². The smallest absolute Gasteiger partial charge is 0.406 e. The van der Waals surface area contributed by atoms with Gasteiger partial charge in [-0.2, -0.15) is 0 Å². The quantitative estimate of drug-likeness (QED) is 0.664. The highest BCUT2D eigenvalue weighted by molar-refractivity contribution is 5.85. The summed E-state index contributed by atoms with van der Waals surface area (Å²) in [6.45, 7) is 2.39. The van der Waals surface area contributed by atoms with Crippen LogP contribution in [0.5, 0.6) is 5.75 Å². The fourth-order valence-corrected chi connectivity index (χ4v) is 1.65. The normalized spacial score (nSPS) is 10.8. The second-order valence-corrected chi connectivity index (χ2v) is 4.46. The monoisotopic (exact) mass is 356 g/mol. The first-order valence-corrected chi connectivity index (χ1v) is 6.72. The van der Waals surface area contributed by atoms with Gasteiger partial charge in [-0.1, -0.05) is 12.1 Å². The molecule has 0 aliphatic heterocycles. The molecule has 0 saturated carbocycles. The van der Waals surface area contributed by atoms with E-state index in [4.69, 9.17) is 4.74 Å². The largest absolute Gasteiger partial charge is 0.573 e. The number of halogens is 4. The fourth-order valence-electron chi connectivity index (χ4n) is 1.65. The maximum absolute atomic E-state index is 12.0. The Labute approximate surface area is 138 Å². The second kappa shape index (κ2) is 11.1. The molecule has 0 aliphatic carbocycles. The Morgan fingerprint density at radius 2 is 1.78 bits per heavy atom. The summed E-state index contributed by atoms with van der Waals surface area (Å²) in [5.41, 5.74) is 0.611. The van der Waals surface area contributed by atoms with Gasteiger partial charge in [0.2, 0.25) is 5.91 Å². The molecule has 0 saturated heterocycles. The van der Waals surface area contributed by atoms with Crippen LogP contribution in [0.4, 0.5) is 13.2 Å². The first-order chi connectivity index (χ1) is 10.4. The molecule has 0 aliphatic rings. The number of alkyl halides is 3. The number of nitrogens with one attached hydrogen (secondary N) is 2. The summed E-state index contributed by atoms with van der Waals surface area (Å²) in [5, 5.41) is 5.78. The first-order valence-electron chi connectivity index (χ1n) is 6.72. The van der Waals surface area contributed by atoms with Crippen LogP contribution < -0.4 is 15.4 Å². The average Bonchev–Trinajstić information content (AvgIpc) is 2.43. The van der Waals surface area contributed by atoms with E-state index in [9.17, 15) is 18.0 Å². The molecule has 1 aromatic carbocycles. The molecule has 0 radical (unpaired) electrons. The van der Waals surface area contributed by atoms with E-state index in [1.54, 1.807) is 7.11 Å². The molecule has 5 nitrogen and oxygen atoms in total. The van der Waals surface area contributed by atoms with Crippen LogP contribution in [0.25, 0.3) is 0 Å². The van der Waals surface area contributed by atoms with Gasteiger partial charge in [-0.05, 0) is 17.7 Å². The van der Waals surface area contributed by atoms with E-state index in [1.807, 2.05) is 0 Å².